The molecule has 0 radical (unpaired) electrons. The number of carbonyl (C=O) groups is 3. The Bertz CT molecular complexity index is 714. The first-order valence-corrected chi connectivity index (χ1v) is 10.4. The van der Waals surface area contributed by atoms with Gasteiger partial charge in [0.2, 0.25) is 17.7 Å². The van der Waals surface area contributed by atoms with Crippen LogP contribution in [0, 0.1) is 0 Å². The first-order chi connectivity index (χ1) is 14.1. The molecule has 2 heterocycles. The van der Waals surface area contributed by atoms with Crippen LogP contribution in [-0.2, 0) is 20.8 Å². The van der Waals surface area contributed by atoms with Crippen molar-refractivity contribution in [2.45, 2.75) is 37.8 Å². The van der Waals surface area contributed by atoms with E-state index in [0.29, 0.717) is 45.6 Å². The Balaban J connectivity index is 0.00000240. The number of benzene rings is 1. The van der Waals surface area contributed by atoms with Gasteiger partial charge in [0, 0.05) is 45.2 Å². The number of carbonyl (C=O) groups excluding carboxylic acids is 3. The Morgan fingerprint density at radius 1 is 1.03 bits per heavy atom. The van der Waals surface area contributed by atoms with E-state index in [1.54, 1.807) is 0 Å². The normalized spacial score (nSPS) is 20.4. The van der Waals surface area contributed by atoms with Crippen LogP contribution in [0.15, 0.2) is 30.3 Å². The smallest absolute Gasteiger partial charge is 0.239 e. The second kappa shape index (κ2) is 13.5. The number of rotatable bonds is 7. The number of piperazine rings is 1. The van der Waals surface area contributed by atoms with Crippen LogP contribution in [0.25, 0.3) is 0 Å². The third-order valence-corrected chi connectivity index (χ3v) is 5.62. The molecule has 1 unspecified atom stereocenters. The highest BCUT2D eigenvalue weighted by molar-refractivity contribution is 5.86. The van der Waals surface area contributed by atoms with Crippen molar-refractivity contribution >= 4 is 42.5 Å². The fourth-order valence-corrected chi connectivity index (χ4v) is 3.96. The second-order valence-corrected chi connectivity index (χ2v) is 7.71. The number of nitrogens with one attached hydrogen (secondary N) is 2. The van der Waals surface area contributed by atoms with E-state index in [-0.39, 0.29) is 61.2 Å². The van der Waals surface area contributed by atoms with Crippen molar-refractivity contribution < 1.29 is 14.4 Å². The standard InChI is InChI=1S/C21H31N5O3.2ClH/c22-14-19(27)24-17-13-18(23-15-17)21(29)26-11-9-25(10-12-26)20(28)8-4-7-16-5-2-1-3-6-16;;/h1-3,5-6,17-18,23H,4,7-15,22H2,(H,24,27);2*1H/t17?,18-;;/m0../s1. The highest BCUT2D eigenvalue weighted by Crippen LogP contribution is 2.13. The maximum Gasteiger partial charge on any atom is 0.239 e. The molecule has 2 atom stereocenters. The third kappa shape index (κ3) is 7.96. The topological polar surface area (TPSA) is 108 Å². The SMILES string of the molecule is Cl.Cl.NCC(=O)NC1CN[C@H](C(=O)N2CCN(C(=O)CCCc3ccccc3)CC2)C1. The molecule has 0 saturated carbocycles. The van der Waals surface area contributed by atoms with Crippen LogP contribution >= 0.6 is 24.8 Å². The molecule has 2 fully saturated rings. The molecule has 4 N–H and O–H groups in total. The molecule has 3 amide bonds. The quantitative estimate of drug-likeness (QED) is 0.528. The van der Waals surface area contributed by atoms with E-state index in [1.807, 2.05) is 28.0 Å². The number of hydrogen-bond donors (Lipinski definition) is 3. The molecule has 2 aliphatic heterocycles. The van der Waals surface area contributed by atoms with Gasteiger partial charge in [0.1, 0.15) is 0 Å². The molecule has 0 aliphatic carbocycles. The summed E-state index contributed by atoms with van der Waals surface area (Å²) in [5.74, 6) is 0.00606. The van der Waals surface area contributed by atoms with Gasteiger partial charge in [0.15, 0.2) is 0 Å². The van der Waals surface area contributed by atoms with Gasteiger partial charge in [-0.2, -0.15) is 0 Å². The minimum absolute atomic E-state index is 0. The molecule has 2 saturated heterocycles. The zero-order valence-corrected chi connectivity index (χ0v) is 19.3. The molecule has 31 heavy (non-hydrogen) atoms. The van der Waals surface area contributed by atoms with Gasteiger partial charge in [-0.15, -0.1) is 24.8 Å². The molecule has 0 bridgehead atoms. The number of aryl methyl sites for hydroxylation is 1. The van der Waals surface area contributed by atoms with Crippen LogP contribution in [0.1, 0.15) is 24.8 Å². The predicted molar refractivity (Wildman–Crippen MR) is 124 cm³/mol. The summed E-state index contributed by atoms with van der Waals surface area (Å²) >= 11 is 0. The first kappa shape index (κ1) is 27.2. The largest absolute Gasteiger partial charge is 0.351 e. The first-order valence-electron chi connectivity index (χ1n) is 10.4. The van der Waals surface area contributed by atoms with Crippen LogP contribution in [0.2, 0.25) is 0 Å². The van der Waals surface area contributed by atoms with Crippen LogP contribution < -0.4 is 16.4 Å². The van der Waals surface area contributed by atoms with Crippen LogP contribution in [-0.4, -0.2) is 78.9 Å². The number of hydrogen-bond acceptors (Lipinski definition) is 5. The summed E-state index contributed by atoms with van der Waals surface area (Å²) in [6.07, 6.45) is 2.85. The van der Waals surface area contributed by atoms with E-state index in [4.69, 9.17) is 5.73 Å². The monoisotopic (exact) mass is 473 g/mol. The molecule has 1 aromatic rings. The minimum Gasteiger partial charge on any atom is -0.351 e. The number of nitrogens with two attached hydrogens (primary N) is 1. The lowest BCUT2D eigenvalue weighted by atomic mass is 10.1. The van der Waals surface area contributed by atoms with E-state index in [2.05, 4.69) is 22.8 Å². The summed E-state index contributed by atoms with van der Waals surface area (Å²) in [5.41, 5.74) is 6.57. The van der Waals surface area contributed by atoms with Crippen LogP contribution in [0.3, 0.4) is 0 Å². The van der Waals surface area contributed by atoms with Gasteiger partial charge >= 0.3 is 0 Å². The van der Waals surface area contributed by atoms with E-state index in [9.17, 15) is 14.4 Å². The fraction of sp³-hybridized carbons (Fsp3) is 0.571. The molecule has 1 aromatic carbocycles. The molecular weight excluding hydrogens is 441 g/mol. The molecule has 174 valence electrons. The summed E-state index contributed by atoms with van der Waals surface area (Å²) in [6.45, 7) is 2.80. The van der Waals surface area contributed by atoms with Crippen molar-refractivity contribution in [2.24, 2.45) is 5.73 Å². The van der Waals surface area contributed by atoms with E-state index >= 15 is 0 Å². The second-order valence-electron chi connectivity index (χ2n) is 7.71. The predicted octanol–water partition coefficient (Wildman–Crippen LogP) is 0.329. The lowest BCUT2D eigenvalue weighted by molar-refractivity contribution is -0.140. The minimum atomic E-state index is -0.286. The summed E-state index contributed by atoms with van der Waals surface area (Å²) in [5, 5.41) is 6.00. The molecule has 0 aromatic heterocycles. The Morgan fingerprint density at radius 3 is 2.32 bits per heavy atom. The van der Waals surface area contributed by atoms with Crippen molar-refractivity contribution in [3.05, 3.63) is 35.9 Å². The van der Waals surface area contributed by atoms with Crippen LogP contribution in [0.5, 0.6) is 0 Å². The van der Waals surface area contributed by atoms with Gasteiger partial charge in [-0.1, -0.05) is 30.3 Å². The number of nitrogens with zero attached hydrogens (tertiary/aromatic N) is 2. The Kier molecular flexibility index (Phi) is 11.8. The Morgan fingerprint density at radius 2 is 1.68 bits per heavy atom. The molecule has 8 nitrogen and oxygen atoms in total. The molecular formula is C21H33Cl2N5O3. The number of halogens is 2. The molecule has 10 heteroatoms. The van der Waals surface area contributed by atoms with Gasteiger partial charge in [-0.25, -0.2) is 0 Å². The lowest BCUT2D eigenvalue weighted by Gasteiger charge is -2.36. The zero-order chi connectivity index (χ0) is 20.6. The Labute approximate surface area is 196 Å². The lowest BCUT2D eigenvalue weighted by Crippen LogP contribution is -2.54. The maximum absolute atomic E-state index is 12.7. The van der Waals surface area contributed by atoms with Gasteiger partial charge in [-0.05, 0) is 24.8 Å². The summed E-state index contributed by atoms with van der Waals surface area (Å²) < 4.78 is 0. The summed E-state index contributed by atoms with van der Waals surface area (Å²) in [6, 6.07) is 9.84. The van der Waals surface area contributed by atoms with E-state index < -0.39 is 0 Å². The highest BCUT2D eigenvalue weighted by atomic mass is 35.5. The highest BCUT2D eigenvalue weighted by Gasteiger charge is 2.34. The van der Waals surface area contributed by atoms with Gasteiger partial charge < -0.3 is 26.2 Å². The van der Waals surface area contributed by atoms with E-state index in [1.165, 1.54) is 5.56 Å². The molecule has 0 spiro atoms. The van der Waals surface area contributed by atoms with Crippen LogP contribution in [0.4, 0.5) is 0 Å². The average Bonchev–Trinajstić information content (AvgIpc) is 3.22. The van der Waals surface area contributed by atoms with E-state index in [0.717, 1.165) is 12.8 Å². The average molecular weight is 474 g/mol. The third-order valence-electron chi connectivity index (χ3n) is 5.62. The summed E-state index contributed by atoms with van der Waals surface area (Å²) in [4.78, 5) is 40.3. The molecule has 3 rings (SSSR count). The maximum atomic E-state index is 12.7. The summed E-state index contributed by atoms with van der Waals surface area (Å²) in [7, 11) is 0. The zero-order valence-electron chi connectivity index (χ0n) is 17.6. The van der Waals surface area contributed by atoms with Gasteiger partial charge in [0.05, 0.1) is 12.6 Å². The van der Waals surface area contributed by atoms with Crippen molar-refractivity contribution in [1.29, 1.82) is 0 Å². The van der Waals surface area contributed by atoms with Crippen molar-refractivity contribution in [3.63, 3.8) is 0 Å². The van der Waals surface area contributed by atoms with Gasteiger partial charge in [-0.3, -0.25) is 14.4 Å². The Hall–Kier alpha value is -1.87. The number of amides is 3. The van der Waals surface area contributed by atoms with Gasteiger partial charge in [0.25, 0.3) is 0 Å². The fourth-order valence-electron chi connectivity index (χ4n) is 3.96. The van der Waals surface area contributed by atoms with Crippen molar-refractivity contribution in [3.8, 4) is 0 Å². The molecule has 2 aliphatic rings. The van der Waals surface area contributed by atoms with Crippen molar-refractivity contribution in [2.75, 3.05) is 39.3 Å². The van der Waals surface area contributed by atoms with Crippen molar-refractivity contribution in [1.82, 2.24) is 20.4 Å².